The molecule has 1 atom stereocenters. The van der Waals surface area contributed by atoms with Crippen LogP contribution in [-0.4, -0.2) is 22.4 Å². The van der Waals surface area contributed by atoms with Crippen molar-refractivity contribution in [2.75, 3.05) is 6.54 Å². The number of hydrogen-bond donors (Lipinski definition) is 1. The fraction of sp³-hybridized carbons (Fsp3) is 0.615. The van der Waals surface area contributed by atoms with Crippen molar-refractivity contribution in [3.63, 3.8) is 0 Å². The van der Waals surface area contributed by atoms with E-state index in [-0.39, 0.29) is 0 Å². The Kier molecular flexibility index (Phi) is 4.17. The minimum Gasteiger partial charge on any atom is -0.309 e. The van der Waals surface area contributed by atoms with Gasteiger partial charge < -0.3 is 5.32 Å². The summed E-state index contributed by atoms with van der Waals surface area (Å²) in [6.45, 7) is 4.20. The summed E-state index contributed by atoms with van der Waals surface area (Å²) in [4.78, 5) is 0. The summed E-state index contributed by atoms with van der Waals surface area (Å²) in [5, 5.41) is 7.77. The van der Waals surface area contributed by atoms with Gasteiger partial charge in [0.2, 0.25) is 0 Å². The maximum atomic E-state index is 4.21. The molecule has 1 aliphatic rings. The van der Waals surface area contributed by atoms with Gasteiger partial charge in [-0.05, 0) is 38.7 Å². The Morgan fingerprint density at radius 1 is 1.50 bits per heavy atom. The van der Waals surface area contributed by atoms with Crippen LogP contribution >= 0.6 is 0 Å². The second-order valence-electron chi connectivity index (χ2n) is 4.62. The minimum absolute atomic E-state index is 0.475. The molecule has 16 heavy (non-hydrogen) atoms. The van der Waals surface area contributed by atoms with E-state index in [2.05, 4.69) is 23.4 Å². The Bertz CT molecular complexity index is 327. The van der Waals surface area contributed by atoms with Crippen molar-refractivity contribution in [2.45, 2.75) is 45.2 Å². The molecule has 0 aliphatic heterocycles. The van der Waals surface area contributed by atoms with E-state index in [1.807, 2.05) is 23.1 Å². The van der Waals surface area contributed by atoms with E-state index in [1.54, 1.807) is 5.57 Å². The van der Waals surface area contributed by atoms with Crippen LogP contribution in [0.5, 0.6) is 0 Å². The quantitative estimate of drug-likeness (QED) is 0.770. The molecule has 1 aromatic heterocycles. The van der Waals surface area contributed by atoms with E-state index in [4.69, 9.17) is 0 Å². The summed E-state index contributed by atoms with van der Waals surface area (Å²) in [7, 11) is 0. The fourth-order valence-electron chi connectivity index (χ4n) is 2.12. The Morgan fingerprint density at radius 2 is 2.44 bits per heavy atom. The molecule has 1 aliphatic carbocycles. The maximum absolute atomic E-state index is 4.21. The van der Waals surface area contributed by atoms with Gasteiger partial charge in [-0.25, -0.2) is 0 Å². The standard InChI is InChI=1S/C13H21N3/c1-12(11-16-9-5-8-15-16)14-10-13-6-3-2-4-7-13/h5-6,8-9,12,14H,2-4,7,10-11H2,1H3. The van der Waals surface area contributed by atoms with Crippen molar-refractivity contribution in [1.82, 2.24) is 15.1 Å². The highest BCUT2D eigenvalue weighted by Crippen LogP contribution is 2.16. The molecule has 1 unspecified atom stereocenters. The Hall–Kier alpha value is -1.09. The smallest absolute Gasteiger partial charge is 0.0560 e. The summed E-state index contributed by atoms with van der Waals surface area (Å²) in [6, 6.07) is 2.44. The largest absolute Gasteiger partial charge is 0.309 e. The number of rotatable bonds is 5. The van der Waals surface area contributed by atoms with E-state index in [0.29, 0.717) is 6.04 Å². The van der Waals surface area contributed by atoms with E-state index in [0.717, 1.165) is 13.1 Å². The second-order valence-corrected chi connectivity index (χ2v) is 4.62. The molecule has 0 radical (unpaired) electrons. The summed E-state index contributed by atoms with van der Waals surface area (Å²) in [6.07, 6.45) is 11.5. The van der Waals surface area contributed by atoms with E-state index in [9.17, 15) is 0 Å². The summed E-state index contributed by atoms with van der Waals surface area (Å²) in [5.41, 5.74) is 1.58. The molecule has 0 spiro atoms. The van der Waals surface area contributed by atoms with E-state index >= 15 is 0 Å². The van der Waals surface area contributed by atoms with Crippen LogP contribution < -0.4 is 5.32 Å². The van der Waals surface area contributed by atoms with Crippen LogP contribution in [0.4, 0.5) is 0 Å². The van der Waals surface area contributed by atoms with Crippen LogP contribution in [-0.2, 0) is 6.54 Å². The van der Waals surface area contributed by atoms with Crippen LogP contribution in [0.1, 0.15) is 32.6 Å². The van der Waals surface area contributed by atoms with Gasteiger partial charge in [0.15, 0.2) is 0 Å². The predicted octanol–water partition coefficient (Wildman–Crippen LogP) is 2.36. The van der Waals surface area contributed by atoms with Gasteiger partial charge >= 0.3 is 0 Å². The lowest BCUT2D eigenvalue weighted by atomic mass is 9.99. The highest BCUT2D eigenvalue weighted by atomic mass is 15.3. The number of nitrogens with zero attached hydrogens (tertiary/aromatic N) is 2. The molecule has 0 saturated carbocycles. The first-order valence-electron chi connectivity index (χ1n) is 6.23. The van der Waals surface area contributed by atoms with Crippen molar-refractivity contribution >= 4 is 0 Å². The SMILES string of the molecule is CC(Cn1cccn1)NCC1=CCCCC1. The molecule has 1 N–H and O–H groups in total. The first-order chi connectivity index (χ1) is 7.84. The highest BCUT2D eigenvalue weighted by Gasteiger charge is 2.06. The fourth-order valence-corrected chi connectivity index (χ4v) is 2.12. The van der Waals surface area contributed by atoms with Gasteiger partial charge in [0.05, 0.1) is 6.54 Å². The third-order valence-electron chi connectivity index (χ3n) is 3.08. The molecule has 0 fully saturated rings. The minimum atomic E-state index is 0.475. The van der Waals surface area contributed by atoms with Crippen LogP contribution in [0, 0.1) is 0 Å². The third kappa shape index (κ3) is 3.49. The topological polar surface area (TPSA) is 29.9 Å². The number of hydrogen-bond acceptors (Lipinski definition) is 2. The average molecular weight is 219 g/mol. The van der Waals surface area contributed by atoms with Crippen molar-refractivity contribution in [3.8, 4) is 0 Å². The molecule has 2 rings (SSSR count). The zero-order valence-corrected chi connectivity index (χ0v) is 10.0. The normalized spacial score (nSPS) is 18.2. The van der Waals surface area contributed by atoms with Gasteiger partial charge in [0.25, 0.3) is 0 Å². The van der Waals surface area contributed by atoms with Crippen molar-refractivity contribution in [3.05, 3.63) is 30.1 Å². The average Bonchev–Trinajstić information content (AvgIpc) is 2.81. The van der Waals surface area contributed by atoms with Crippen LogP contribution in [0.3, 0.4) is 0 Å². The van der Waals surface area contributed by atoms with Gasteiger partial charge in [-0.2, -0.15) is 5.10 Å². The van der Waals surface area contributed by atoms with Gasteiger partial charge in [-0.1, -0.05) is 11.6 Å². The monoisotopic (exact) mass is 219 g/mol. The lowest BCUT2D eigenvalue weighted by Gasteiger charge is -2.17. The summed E-state index contributed by atoms with van der Waals surface area (Å²) >= 11 is 0. The highest BCUT2D eigenvalue weighted by molar-refractivity contribution is 5.06. The van der Waals surface area contributed by atoms with Crippen LogP contribution in [0.2, 0.25) is 0 Å². The molecule has 0 amide bonds. The Labute approximate surface area is 97.5 Å². The molecule has 3 nitrogen and oxygen atoms in total. The zero-order chi connectivity index (χ0) is 11.2. The van der Waals surface area contributed by atoms with E-state index < -0.39 is 0 Å². The van der Waals surface area contributed by atoms with Crippen molar-refractivity contribution in [1.29, 1.82) is 0 Å². The van der Waals surface area contributed by atoms with Crippen molar-refractivity contribution < 1.29 is 0 Å². The molecule has 0 bridgehead atoms. The number of allylic oxidation sites excluding steroid dienone is 1. The number of aromatic nitrogens is 2. The maximum Gasteiger partial charge on any atom is 0.0560 e. The first-order valence-corrected chi connectivity index (χ1v) is 6.23. The molecule has 3 heteroatoms. The molecular formula is C13H21N3. The van der Waals surface area contributed by atoms with Crippen LogP contribution in [0.15, 0.2) is 30.1 Å². The summed E-state index contributed by atoms with van der Waals surface area (Å²) in [5.74, 6) is 0. The first kappa shape index (κ1) is 11.4. The molecule has 0 aromatic carbocycles. The second kappa shape index (κ2) is 5.85. The van der Waals surface area contributed by atoms with Gasteiger partial charge in [-0.15, -0.1) is 0 Å². The number of nitrogens with one attached hydrogen (secondary N) is 1. The Morgan fingerprint density at radius 3 is 3.12 bits per heavy atom. The molecule has 1 aromatic rings. The lowest BCUT2D eigenvalue weighted by molar-refractivity contribution is 0.460. The van der Waals surface area contributed by atoms with Gasteiger partial charge in [0, 0.05) is 25.0 Å². The van der Waals surface area contributed by atoms with Gasteiger partial charge in [0.1, 0.15) is 0 Å². The van der Waals surface area contributed by atoms with Gasteiger partial charge in [-0.3, -0.25) is 4.68 Å². The van der Waals surface area contributed by atoms with Crippen LogP contribution in [0.25, 0.3) is 0 Å². The molecular weight excluding hydrogens is 198 g/mol. The van der Waals surface area contributed by atoms with E-state index in [1.165, 1.54) is 25.7 Å². The summed E-state index contributed by atoms with van der Waals surface area (Å²) < 4.78 is 1.98. The Balaban J connectivity index is 1.71. The third-order valence-corrected chi connectivity index (χ3v) is 3.08. The van der Waals surface area contributed by atoms with Crippen molar-refractivity contribution in [2.24, 2.45) is 0 Å². The predicted molar refractivity (Wildman–Crippen MR) is 66.2 cm³/mol. The molecule has 0 saturated heterocycles. The molecule has 1 heterocycles. The zero-order valence-electron chi connectivity index (χ0n) is 10.0. The lowest BCUT2D eigenvalue weighted by Crippen LogP contribution is -2.32. The molecule has 88 valence electrons.